The number of piperidine rings is 1. The molecule has 3 heterocycles. The summed E-state index contributed by atoms with van der Waals surface area (Å²) >= 11 is 5.79. The zero-order chi connectivity index (χ0) is 19.5. The van der Waals surface area contributed by atoms with Crippen LogP contribution in [0.2, 0.25) is 5.02 Å². The summed E-state index contributed by atoms with van der Waals surface area (Å²) in [6.07, 6.45) is 4.72. The zero-order valence-electron chi connectivity index (χ0n) is 15.3. The average Bonchev–Trinajstić information content (AvgIpc) is 3.12. The molecule has 0 spiro atoms. The van der Waals surface area contributed by atoms with Gasteiger partial charge >= 0.3 is 6.01 Å². The van der Waals surface area contributed by atoms with Crippen LogP contribution in [0.15, 0.2) is 42.7 Å². The number of likely N-dealkylation sites (tertiary alicyclic amines) is 1. The fraction of sp³-hybridized carbons (Fsp3) is 0.400. The van der Waals surface area contributed by atoms with Crippen molar-refractivity contribution in [1.82, 2.24) is 14.9 Å². The Kier molecular flexibility index (Phi) is 5.43. The largest absolute Gasteiger partial charge is 0.458 e. The summed E-state index contributed by atoms with van der Waals surface area (Å²) < 4.78 is 5.81. The smallest absolute Gasteiger partial charge is 0.316 e. The molecule has 2 aliphatic heterocycles. The first-order chi connectivity index (χ1) is 13.6. The van der Waals surface area contributed by atoms with E-state index in [4.69, 9.17) is 16.3 Å². The van der Waals surface area contributed by atoms with Gasteiger partial charge in [0, 0.05) is 25.2 Å². The standard InChI is InChI=1S/C20H21ClN4O3/c21-15-10-22-20(23-11-15)28-17-7-4-8-24(13-17)19(27)14-9-18(26)25(12-14)16-5-2-1-3-6-16/h1-3,5-6,10-11,14,17H,4,7-9,12-13H2. The number of para-hydroxylation sites is 1. The van der Waals surface area contributed by atoms with Crippen LogP contribution >= 0.6 is 11.6 Å². The number of carbonyl (C=O) groups excluding carboxylic acids is 2. The van der Waals surface area contributed by atoms with E-state index >= 15 is 0 Å². The molecule has 1 aromatic heterocycles. The molecule has 0 aliphatic carbocycles. The van der Waals surface area contributed by atoms with Gasteiger partial charge in [0.25, 0.3) is 0 Å². The Labute approximate surface area is 168 Å². The molecule has 2 aliphatic rings. The van der Waals surface area contributed by atoms with Crippen molar-refractivity contribution in [3.05, 3.63) is 47.7 Å². The van der Waals surface area contributed by atoms with Crippen LogP contribution in [-0.2, 0) is 9.59 Å². The molecule has 28 heavy (non-hydrogen) atoms. The Hall–Kier alpha value is -2.67. The number of halogens is 1. The quantitative estimate of drug-likeness (QED) is 0.788. The number of carbonyl (C=O) groups is 2. The highest BCUT2D eigenvalue weighted by atomic mass is 35.5. The van der Waals surface area contributed by atoms with Crippen LogP contribution in [0.3, 0.4) is 0 Å². The molecule has 4 rings (SSSR count). The van der Waals surface area contributed by atoms with E-state index in [0.29, 0.717) is 24.7 Å². The molecule has 146 valence electrons. The molecule has 0 saturated carbocycles. The molecule has 2 atom stereocenters. The number of rotatable bonds is 4. The minimum absolute atomic E-state index is 0.0103. The Balaban J connectivity index is 1.38. The lowest BCUT2D eigenvalue weighted by Gasteiger charge is -2.33. The minimum Gasteiger partial charge on any atom is -0.458 e. The maximum absolute atomic E-state index is 13.0. The van der Waals surface area contributed by atoms with Gasteiger partial charge in [0.1, 0.15) is 6.10 Å². The van der Waals surface area contributed by atoms with Crippen LogP contribution in [0, 0.1) is 5.92 Å². The van der Waals surface area contributed by atoms with Gasteiger partial charge in [0.05, 0.1) is 29.9 Å². The molecular weight excluding hydrogens is 380 g/mol. The maximum Gasteiger partial charge on any atom is 0.316 e. The van der Waals surface area contributed by atoms with Crippen molar-refractivity contribution >= 4 is 29.1 Å². The van der Waals surface area contributed by atoms with E-state index in [1.165, 1.54) is 12.4 Å². The fourth-order valence-electron chi connectivity index (χ4n) is 3.73. The number of ether oxygens (including phenoxy) is 1. The molecule has 8 heteroatoms. The van der Waals surface area contributed by atoms with Crippen molar-refractivity contribution in [2.45, 2.75) is 25.4 Å². The molecule has 2 aromatic rings. The molecule has 0 bridgehead atoms. The first-order valence-corrected chi connectivity index (χ1v) is 9.76. The summed E-state index contributed by atoms with van der Waals surface area (Å²) in [6.45, 7) is 1.57. The van der Waals surface area contributed by atoms with E-state index in [1.54, 1.807) is 9.80 Å². The molecule has 1 aromatic carbocycles. The van der Waals surface area contributed by atoms with E-state index in [0.717, 1.165) is 18.5 Å². The maximum atomic E-state index is 13.0. The van der Waals surface area contributed by atoms with Crippen LogP contribution in [0.1, 0.15) is 19.3 Å². The average molecular weight is 401 g/mol. The van der Waals surface area contributed by atoms with E-state index < -0.39 is 0 Å². The third-order valence-electron chi connectivity index (χ3n) is 5.10. The molecule has 2 saturated heterocycles. The van der Waals surface area contributed by atoms with Crippen molar-refractivity contribution in [3.8, 4) is 6.01 Å². The first kappa shape index (κ1) is 18.7. The monoisotopic (exact) mass is 400 g/mol. The van der Waals surface area contributed by atoms with Gasteiger partial charge in [0.15, 0.2) is 0 Å². The Morgan fingerprint density at radius 2 is 1.89 bits per heavy atom. The molecule has 2 amide bonds. The van der Waals surface area contributed by atoms with E-state index in [1.807, 2.05) is 30.3 Å². The van der Waals surface area contributed by atoms with Crippen LogP contribution in [0.4, 0.5) is 5.69 Å². The molecule has 2 fully saturated rings. The minimum atomic E-state index is -0.321. The highest BCUT2D eigenvalue weighted by molar-refractivity contribution is 6.30. The Morgan fingerprint density at radius 3 is 2.64 bits per heavy atom. The van der Waals surface area contributed by atoms with E-state index in [-0.39, 0.29) is 36.3 Å². The zero-order valence-corrected chi connectivity index (χ0v) is 16.1. The van der Waals surface area contributed by atoms with Gasteiger partial charge in [0.2, 0.25) is 11.8 Å². The normalized spacial score (nSPS) is 22.4. The SMILES string of the molecule is O=C(C1CC(=O)N(c2ccccc2)C1)N1CCCC(Oc2ncc(Cl)cn2)C1. The second-order valence-electron chi connectivity index (χ2n) is 7.09. The number of benzene rings is 1. The third kappa shape index (κ3) is 4.09. The lowest BCUT2D eigenvalue weighted by atomic mass is 10.0. The summed E-state index contributed by atoms with van der Waals surface area (Å²) in [5.74, 6) is -0.320. The van der Waals surface area contributed by atoms with Crippen molar-refractivity contribution in [2.75, 3.05) is 24.5 Å². The summed E-state index contributed by atoms with van der Waals surface area (Å²) in [5, 5.41) is 0.446. The van der Waals surface area contributed by atoms with Gasteiger partial charge in [-0.15, -0.1) is 0 Å². The lowest BCUT2D eigenvalue weighted by Crippen LogP contribution is -2.47. The summed E-state index contributed by atoms with van der Waals surface area (Å²) in [7, 11) is 0. The van der Waals surface area contributed by atoms with Crippen LogP contribution < -0.4 is 9.64 Å². The predicted octanol–water partition coefficient (Wildman–Crippen LogP) is 2.55. The number of anilines is 1. The van der Waals surface area contributed by atoms with Crippen molar-refractivity contribution in [2.24, 2.45) is 5.92 Å². The van der Waals surface area contributed by atoms with Gasteiger partial charge in [-0.2, -0.15) is 0 Å². The molecule has 2 unspecified atom stereocenters. The number of nitrogens with zero attached hydrogens (tertiary/aromatic N) is 4. The first-order valence-electron chi connectivity index (χ1n) is 9.38. The lowest BCUT2D eigenvalue weighted by molar-refractivity contribution is -0.138. The molecule has 0 N–H and O–H groups in total. The van der Waals surface area contributed by atoms with Gasteiger partial charge in [-0.25, -0.2) is 9.97 Å². The highest BCUT2D eigenvalue weighted by Gasteiger charge is 2.38. The second-order valence-corrected chi connectivity index (χ2v) is 7.53. The molecular formula is C20H21ClN4O3. The number of hydrogen-bond acceptors (Lipinski definition) is 5. The summed E-state index contributed by atoms with van der Waals surface area (Å²) in [4.78, 5) is 37.0. The van der Waals surface area contributed by atoms with Gasteiger partial charge in [-0.1, -0.05) is 29.8 Å². The summed E-state index contributed by atoms with van der Waals surface area (Å²) in [6, 6.07) is 9.73. The Morgan fingerprint density at radius 1 is 1.14 bits per heavy atom. The third-order valence-corrected chi connectivity index (χ3v) is 5.30. The fourth-order valence-corrected chi connectivity index (χ4v) is 3.83. The number of hydrogen-bond donors (Lipinski definition) is 0. The van der Waals surface area contributed by atoms with Gasteiger partial charge < -0.3 is 14.5 Å². The van der Waals surface area contributed by atoms with Crippen molar-refractivity contribution in [1.29, 1.82) is 0 Å². The van der Waals surface area contributed by atoms with Gasteiger partial charge in [-0.05, 0) is 25.0 Å². The van der Waals surface area contributed by atoms with E-state index in [9.17, 15) is 9.59 Å². The topological polar surface area (TPSA) is 75.6 Å². The van der Waals surface area contributed by atoms with Crippen LogP contribution in [0.25, 0.3) is 0 Å². The number of aromatic nitrogens is 2. The van der Waals surface area contributed by atoms with E-state index in [2.05, 4.69) is 9.97 Å². The summed E-state index contributed by atoms with van der Waals surface area (Å²) in [5.41, 5.74) is 0.836. The van der Waals surface area contributed by atoms with Crippen LogP contribution in [-0.4, -0.2) is 52.4 Å². The van der Waals surface area contributed by atoms with Crippen LogP contribution in [0.5, 0.6) is 6.01 Å². The van der Waals surface area contributed by atoms with Gasteiger partial charge in [-0.3, -0.25) is 9.59 Å². The van der Waals surface area contributed by atoms with Crippen molar-refractivity contribution in [3.63, 3.8) is 0 Å². The van der Waals surface area contributed by atoms with Crippen molar-refractivity contribution < 1.29 is 14.3 Å². The second kappa shape index (κ2) is 8.14. The highest BCUT2D eigenvalue weighted by Crippen LogP contribution is 2.27. The molecule has 0 radical (unpaired) electrons. The predicted molar refractivity (Wildman–Crippen MR) is 104 cm³/mol. The molecule has 7 nitrogen and oxygen atoms in total. The Bertz CT molecular complexity index is 846. The number of amides is 2.